The van der Waals surface area contributed by atoms with Gasteiger partial charge < -0.3 is 14.7 Å². The molecule has 2 N–H and O–H groups in total. The van der Waals surface area contributed by atoms with Crippen molar-refractivity contribution in [3.05, 3.63) is 84.2 Å². The van der Waals surface area contributed by atoms with Crippen LogP contribution in [0.1, 0.15) is 24.2 Å². The lowest BCUT2D eigenvalue weighted by Crippen LogP contribution is -2.50. The van der Waals surface area contributed by atoms with Gasteiger partial charge >= 0.3 is 0 Å². The SMILES string of the molecule is C[C@H](CO)N1C[C@H](C)[C@@H](CN(C)S(=O)(=O)c2ccccc2)Oc2c(NS(=O)(=O)c3ccc(F)cc3)cccc2C1=O. The molecule has 0 spiro atoms. The van der Waals surface area contributed by atoms with E-state index in [1.165, 1.54) is 42.3 Å². The van der Waals surface area contributed by atoms with Crippen LogP contribution >= 0.6 is 0 Å². The third-order valence-corrected chi connectivity index (χ3v) is 10.2. The molecule has 0 fully saturated rings. The molecule has 0 unspecified atom stereocenters. The van der Waals surface area contributed by atoms with Crippen LogP contribution in [0, 0.1) is 11.7 Å². The number of nitrogens with zero attached hydrogens (tertiary/aromatic N) is 2. The number of aliphatic hydroxyl groups excluding tert-OH is 1. The maximum Gasteiger partial charge on any atom is 0.262 e. The second kappa shape index (κ2) is 12.1. The van der Waals surface area contributed by atoms with Crippen LogP contribution in [0.2, 0.25) is 0 Å². The van der Waals surface area contributed by atoms with E-state index in [-0.39, 0.29) is 46.5 Å². The summed E-state index contributed by atoms with van der Waals surface area (Å²) in [4.78, 5) is 15.0. The average molecular weight is 606 g/mol. The molecule has 1 heterocycles. The van der Waals surface area contributed by atoms with Crippen molar-refractivity contribution in [1.82, 2.24) is 9.21 Å². The number of nitrogens with one attached hydrogen (secondary N) is 1. The van der Waals surface area contributed by atoms with Gasteiger partial charge in [-0.15, -0.1) is 0 Å². The summed E-state index contributed by atoms with van der Waals surface area (Å²) in [7, 11) is -6.69. The van der Waals surface area contributed by atoms with Crippen molar-refractivity contribution >= 4 is 31.6 Å². The zero-order valence-corrected chi connectivity index (χ0v) is 24.4. The van der Waals surface area contributed by atoms with Gasteiger partial charge in [0, 0.05) is 19.5 Å². The second-order valence-electron chi connectivity index (χ2n) is 9.96. The number of anilines is 1. The number of sulfonamides is 2. The summed E-state index contributed by atoms with van der Waals surface area (Å²) in [6.07, 6.45) is -0.824. The predicted molar refractivity (Wildman–Crippen MR) is 151 cm³/mol. The van der Waals surface area contributed by atoms with Gasteiger partial charge in [0.15, 0.2) is 5.75 Å². The molecule has 10 nitrogen and oxygen atoms in total. The molecule has 1 aliphatic rings. The molecule has 0 saturated carbocycles. The highest BCUT2D eigenvalue weighted by atomic mass is 32.2. The summed E-state index contributed by atoms with van der Waals surface area (Å²) in [5, 5.41) is 9.87. The number of amides is 1. The number of carbonyl (C=O) groups excluding carboxylic acids is 1. The fourth-order valence-corrected chi connectivity index (χ4v) is 6.75. The van der Waals surface area contributed by atoms with Crippen LogP contribution < -0.4 is 9.46 Å². The van der Waals surface area contributed by atoms with E-state index in [0.29, 0.717) is 0 Å². The summed E-state index contributed by atoms with van der Waals surface area (Å²) >= 11 is 0. The minimum Gasteiger partial charge on any atom is -0.486 e. The Labute approximate surface area is 239 Å². The number of hydrogen-bond acceptors (Lipinski definition) is 7. The summed E-state index contributed by atoms with van der Waals surface area (Å²) in [5.74, 6) is -1.61. The molecule has 3 atom stereocenters. The van der Waals surface area contributed by atoms with Gasteiger partial charge in [-0.2, -0.15) is 4.31 Å². The lowest BCUT2D eigenvalue weighted by atomic mass is 9.99. The molecule has 4 rings (SSSR count). The average Bonchev–Trinajstić information content (AvgIpc) is 2.95. The van der Waals surface area contributed by atoms with Crippen LogP contribution in [0.5, 0.6) is 5.75 Å². The third-order valence-electron chi connectivity index (χ3n) is 6.95. The van der Waals surface area contributed by atoms with E-state index in [4.69, 9.17) is 4.74 Å². The van der Waals surface area contributed by atoms with Gasteiger partial charge in [-0.25, -0.2) is 21.2 Å². The van der Waals surface area contributed by atoms with Gasteiger partial charge in [0.05, 0.1) is 40.2 Å². The van der Waals surface area contributed by atoms with Crippen molar-refractivity contribution in [2.45, 2.75) is 35.8 Å². The maximum atomic E-state index is 13.6. The zero-order chi connectivity index (χ0) is 29.9. The quantitative estimate of drug-likeness (QED) is 0.383. The number of hydrogen-bond donors (Lipinski definition) is 2. The molecule has 41 heavy (non-hydrogen) atoms. The number of fused-ring (bicyclic) bond motifs is 1. The van der Waals surface area contributed by atoms with E-state index in [1.807, 2.05) is 0 Å². The van der Waals surface area contributed by atoms with E-state index in [2.05, 4.69) is 4.72 Å². The van der Waals surface area contributed by atoms with Crippen LogP contribution in [0.15, 0.2) is 82.6 Å². The van der Waals surface area contributed by atoms with Gasteiger partial charge in [-0.3, -0.25) is 9.52 Å². The molecule has 3 aromatic rings. The number of ether oxygens (including phenoxy) is 1. The molecule has 3 aromatic carbocycles. The van der Waals surface area contributed by atoms with Crippen LogP contribution in [0.25, 0.3) is 0 Å². The zero-order valence-electron chi connectivity index (χ0n) is 22.8. The van der Waals surface area contributed by atoms with Crippen molar-refractivity contribution in [2.75, 3.05) is 31.5 Å². The Balaban J connectivity index is 1.76. The number of aliphatic hydroxyl groups is 1. The van der Waals surface area contributed by atoms with E-state index >= 15 is 0 Å². The minimum absolute atomic E-state index is 0.0371. The van der Waals surface area contributed by atoms with E-state index in [1.54, 1.807) is 32.0 Å². The first kappa shape index (κ1) is 30.4. The first-order chi connectivity index (χ1) is 19.3. The topological polar surface area (TPSA) is 133 Å². The van der Waals surface area contributed by atoms with Crippen LogP contribution in [0.4, 0.5) is 10.1 Å². The fraction of sp³-hybridized carbons (Fsp3) is 0.321. The normalized spacial score (nSPS) is 18.7. The molecule has 13 heteroatoms. The molecule has 220 valence electrons. The Bertz CT molecular complexity index is 1600. The minimum atomic E-state index is -4.22. The first-order valence-corrected chi connectivity index (χ1v) is 15.8. The van der Waals surface area contributed by atoms with Crippen LogP contribution in [-0.4, -0.2) is 75.9 Å². The third kappa shape index (κ3) is 6.53. The molecule has 1 aliphatic heterocycles. The maximum absolute atomic E-state index is 13.6. The highest BCUT2D eigenvalue weighted by Gasteiger charge is 2.36. The number of para-hydroxylation sites is 1. The second-order valence-corrected chi connectivity index (χ2v) is 13.7. The molecule has 0 radical (unpaired) electrons. The molecule has 0 saturated heterocycles. The van der Waals surface area contributed by atoms with Gasteiger partial charge in [0.25, 0.3) is 15.9 Å². The lowest BCUT2D eigenvalue weighted by molar-refractivity contribution is 0.0389. The largest absolute Gasteiger partial charge is 0.486 e. The Kier molecular flexibility index (Phi) is 9.02. The van der Waals surface area contributed by atoms with Crippen molar-refractivity contribution in [3.63, 3.8) is 0 Å². The van der Waals surface area contributed by atoms with Crippen molar-refractivity contribution in [1.29, 1.82) is 0 Å². The summed E-state index contributed by atoms with van der Waals surface area (Å²) in [5.41, 5.74) is -0.0143. The Morgan fingerprint density at radius 1 is 1.02 bits per heavy atom. The highest BCUT2D eigenvalue weighted by Crippen LogP contribution is 2.36. The van der Waals surface area contributed by atoms with Crippen molar-refractivity contribution in [3.8, 4) is 5.75 Å². The summed E-state index contributed by atoms with van der Waals surface area (Å²) < 4.78 is 76.2. The number of carbonyl (C=O) groups is 1. The van der Waals surface area contributed by atoms with Crippen molar-refractivity contribution in [2.24, 2.45) is 5.92 Å². The number of benzene rings is 3. The molecule has 0 bridgehead atoms. The Morgan fingerprint density at radius 2 is 1.68 bits per heavy atom. The first-order valence-electron chi connectivity index (χ1n) is 12.9. The molecule has 0 aromatic heterocycles. The molecular weight excluding hydrogens is 573 g/mol. The van der Waals surface area contributed by atoms with Crippen LogP contribution in [0.3, 0.4) is 0 Å². The van der Waals surface area contributed by atoms with Gasteiger partial charge in [-0.1, -0.05) is 31.2 Å². The Hall–Kier alpha value is -3.52. The lowest BCUT2D eigenvalue weighted by Gasteiger charge is -2.38. The van der Waals surface area contributed by atoms with E-state index in [9.17, 15) is 31.1 Å². The molecule has 0 aliphatic carbocycles. The molecule has 1 amide bonds. The smallest absolute Gasteiger partial charge is 0.262 e. The number of likely N-dealkylation sites (N-methyl/N-ethyl adjacent to an activating group) is 1. The summed E-state index contributed by atoms with van der Waals surface area (Å²) in [6, 6.07) is 15.9. The molecular formula is C28H32FN3O7S2. The summed E-state index contributed by atoms with van der Waals surface area (Å²) in [6.45, 7) is 3.17. The van der Waals surface area contributed by atoms with Gasteiger partial charge in [-0.05, 0) is 55.5 Å². The van der Waals surface area contributed by atoms with E-state index < -0.39 is 49.8 Å². The van der Waals surface area contributed by atoms with Crippen molar-refractivity contribution < 1.29 is 35.9 Å². The monoisotopic (exact) mass is 605 g/mol. The number of rotatable bonds is 9. The van der Waals surface area contributed by atoms with E-state index in [0.717, 1.165) is 28.6 Å². The predicted octanol–water partition coefficient (Wildman–Crippen LogP) is 3.17. The number of halogens is 1. The fourth-order valence-electron chi connectivity index (χ4n) is 4.48. The van der Waals surface area contributed by atoms with Crippen LogP contribution in [-0.2, 0) is 20.0 Å². The standard InChI is InChI=1S/C28H32FN3O7S2/c1-19-16-32(20(2)18-33)28(34)24-10-7-11-25(30-40(35,36)22-14-12-21(29)13-15-22)27(24)39-26(19)17-31(3)41(37,38)23-8-5-4-6-9-23/h4-15,19-20,26,30,33H,16-18H2,1-3H3/t19-,20+,26+/m0/s1. The Morgan fingerprint density at radius 3 is 2.32 bits per heavy atom. The van der Waals surface area contributed by atoms with Gasteiger partial charge in [0.1, 0.15) is 11.9 Å². The van der Waals surface area contributed by atoms with Gasteiger partial charge in [0.2, 0.25) is 10.0 Å². The highest BCUT2D eigenvalue weighted by molar-refractivity contribution is 7.92.